The Balaban J connectivity index is 4.19. The minimum absolute atomic E-state index is 0.0882. The number of carbonyl (C=O) groups excluding carboxylic acids is 3. The summed E-state index contributed by atoms with van der Waals surface area (Å²) in [6, 6.07) is 0. The van der Waals surface area contributed by atoms with Gasteiger partial charge in [-0.2, -0.15) is 0 Å². The van der Waals surface area contributed by atoms with E-state index in [1.807, 2.05) is 0 Å². The van der Waals surface area contributed by atoms with Crippen LogP contribution in [0.1, 0.15) is 278 Å². The van der Waals surface area contributed by atoms with Gasteiger partial charge >= 0.3 is 17.9 Å². The second-order valence-electron chi connectivity index (χ2n) is 20.6. The summed E-state index contributed by atoms with van der Waals surface area (Å²) in [6.45, 7) is 6.46. The van der Waals surface area contributed by atoms with Crippen LogP contribution in [0.5, 0.6) is 0 Å². The highest BCUT2D eigenvalue weighted by Crippen LogP contribution is 2.14. The molecule has 0 aromatic carbocycles. The van der Waals surface area contributed by atoms with Crippen LogP contribution in [0.3, 0.4) is 0 Å². The molecule has 0 aliphatic carbocycles. The maximum absolute atomic E-state index is 12.8. The molecule has 6 nitrogen and oxygen atoms in total. The van der Waals surface area contributed by atoms with Crippen LogP contribution in [0.4, 0.5) is 0 Å². The Hall–Kier alpha value is -4.45. The topological polar surface area (TPSA) is 78.9 Å². The van der Waals surface area contributed by atoms with Crippen LogP contribution in [0.25, 0.3) is 0 Å². The van der Waals surface area contributed by atoms with Crippen molar-refractivity contribution in [3.8, 4) is 0 Å². The van der Waals surface area contributed by atoms with Gasteiger partial charge in [0.05, 0.1) is 0 Å². The van der Waals surface area contributed by atoms with Crippen LogP contribution in [0.15, 0.2) is 134 Å². The van der Waals surface area contributed by atoms with E-state index in [2.05, 4.69) is 154 Å². The maximum Gasteiger partial charge on any atom is 0.306 e. The molecule has 0 radical (unpaired) electrons. The van der Waals surface area contributed by atoms with Crippen LogP contribution in [0, 0.1) is 0 Å². The highest BCUT2D eigenvalue weighted by molar-refractivity contribution is 5.71. The van der Waals surface area contributed by atoms with Crippen LogP contribution >= 0.6 is 0 Å². The minimum Gasteiger partial charge on any atom is -0.462 e. The average Bonchev–Trinajstić information content (AvgIpc) is 3.43. The van der Waals surface area contributed by atoms with Crippen LogP contribution in [-0.2, 0) is 28.6 Å². The largest absolute Gasteiger partial charge is 0.462 e. The lowest BCUT2D eigenvalue weighted by atomic mass is 10.1. The predicted octanol–water partition coefficient (Wildman–Crippen LogP) is 21.8. The van der Waals surface area contributed by atoms with Crippen molar-refractivity contribution < 1.29 is 28.6 Å². The first kappa shape index (κ1) is 72.5. The summed E-state index contributed by atoms with van der Waals surface area (Å²) in [7, 11) is 0. The molecule has 0 N–H and O–H groups in total. The number of carbonyl (C=O) groups is 3. The van der Waals surface area contributed by atoms with Crippen molar-refractivity contribution in [1.82, 2.24) is 0 Å². The minimum atomic E-state index is -0.791. The molecule has 0 aromatic rings. The van der Waals surface area contributed by atoms with Gasteiger partial charge in [0.2, 0.25) is 0 Å². The van der Waals surface area contributed by atoms with Gasteiger partial charge in [0.15, 0.2) is 6.10 Å². The zero-order chi connectivity index (χ0) is 55.7. The summed E-state index contributed by atoms with van der Waals surface area (Å²) in [6.07, 6.45) is 90.4. The van der Waals surface area contributed by atoms with Crippen molar-refractivity contribution in [2.75, 3.05) is 13.2 Å². The first-order valence-corrected chi connectivity index (χ1v) is 31.7. The number of rotatable bonds is 56. The van der Waals surface area contributed by atoms with Crippen LogP contribution in [-0.4, -0.2) is 37.2 Å². The monoisotopic (exact) mass is 1060 g/mol. The van der Waals surface area contributed by atoms with Crippen LogP contribution in [0.2, 0.25) is 0 Å². The fraction of sp³-hybridized carbons (Fsp3) is 0.648. The molecule has 0 aliphatic heterocycles. The Morgan fingerprint density at radius 1 is 0.273 bits per heavy atom. The second kappa shape index (κ2) is 64.1. The molecule has 0 bridgehead atoms. The Kier molecular flexibility index (Phi) is 60.4. The van der Waals surface area contributed by atoms with Gasteiger partial charge in [-0.25, -0.2) is 0 Å². The summed E-state index contributed by atoms with van der Waals surface area (Å²) < 4.78 is 16.8. The van der Waals surface area contributed by atoms with E-state index in [1.54, 1.807) is 0 Å². The third kappa shape index (κ3) is 62.3. The van der Waals surface area contributed by atoms with Gasteiger partial charge in [0, 0.05) is 19.3 Å². The van der Waals surface area contributed by atoms with Gasteiger partial charge in [0.1, 0.15) is 13.2 Å². The molecule has 436 valence electrons. The third-order valence-corrected chi connectivity index (χ3v) is 13.1. The molecule has 0 aliphatic rings. The van der Waals surface area contributed by atoms with Crippen molar-refractivity contribution in [2.45, 2.75) is 284 Å². The first-order chi connectivity index (χ1) is 38.0. The summed E-state index contributed by atoms with van der Waals surface area (Å²) >= 11 is 0. The average molecular weight is 1070 g/mol. The fourth-order valence-electron chi connectivity index (χ4n) is 8.41. The molecular weight excluding hydrogens is 949 g/mol. The molecule has 0 spiro atoms. The summed E-state index contributed by atoms with van der Waals surface area (Å²) in [5.41, 5.74) is 0. The Bertz CT molecular complexity index is 1650. The van der Waals surface area contributed by atoms with Gasteiger partial charge in [-0.05, 0) is 122 Å². The molecule has 0 aromatic heterocycles. The summed E-state index contributed by atoms with van der Waals surface area (Å²) in [5.74, 6) is -0.918. The van der Waals surface area contributed by atoms with Crippen LogP contribution < -0.4 is 0 Å². The molecule has 6 heteroatoms. The molecule has 1 unspecified atom stereocenters. The molecular formula is C71H116O6. The Labute approximate surface area is 475 Å². The zero-order valence-electron chi connectivity index (χ0n) is 49.9. The van der Waals surface area contributed by atoms with Crippen molar-refractivity contribution in [2.24, 2.45) is 0 Å². The van der Waals surface area contributed by atoms with Gasteiger partial charge in [-0.1, -0.05) is 270 Å². The molecule has 0 amide bonds. The van der Waals surface area contributed by atoms with E-state index in [4.69, 9.17) is 14.2 Å². The smallest absolute Gasteiger partial charge is 0.306 e. The van der Waals surface area contributed by atoms with Crippen molar-refractivity contribution in [3.05, 3.63) is 134 Å². The number of ether oxygens (including phenoxy) is 3. The van der Waals surface area contributed by atoms with Gasteiger partial charge < -0.3 is 14.2 Å². The second-order valence-corrected chi connectivity index (χ2v) is 20.6. The third-order valence-electron chi connectivity index (χ3n) is 13.1. The lowest BCUT2D eigenvalue weighted by molar-refractivity contribution is -0.167. The first-order valence-electron chi connectivity index (χ1n) is 31.7. The number of esters is 3. The van der Waals surface area contributed by atoms with E-state index in [1.165, 1.54) is 89.9 Å². The van der Waals surface area contributed by atoms with Gasteiger partial charge in [0.25, 0.3) is 0 Å². The van der Waals surface area contributed by atoms with E-state index in [0.29, 0.717) is 19.3 Å². The standard InChI is InChI=1S/C71H116O6/c1-4-7-10-13-16-19-21-23-25-27-28-29-30-31-32-33-34-35-36-37-38-39-40-41-42-43-44-45-47-48-50-52-55-58-61-64-70(73)76-67-68(66-75-69(72)63-60-57-54-18-15-12-9-6-3)77-71(74)65-62-59-56-53-51-49-46-26-24-22-20-17-14-11-8-5-2/h7,10,16,19-20,22-23,25-26,28-29,31-32,34-35,37-38,40-41,43-44,46,68H,4-6,8-9,11-15,17-18,21,24,27,30,33,36,39,42,45,47-67H2,1-3H3/b10-7-,19-16-,22-20-,25-23-,29-28-,32-31-,35-34-,38-37-,41-40-,44-43-,46-26-. The lowest BCUT2D eigenvalue weighted by Crippen LogP contribution is -2.30. The maximum atomic E-state index is 12.8. The molecule has 0 rings (SSSR count). The summed E-state index contributed by atoms with van der Waals surface area (Å²) in [4.78, 5) is 38.1. The van der Waals surface area contributed by atoms with E-state index in [-0.39, 0.29) is 31.1 Å². The Morgan fingerprint density at radius 3 is 0.805 bits per heavy atom. The number of unbranched alkanes of at least 4 members (excludes halogenated alkanes) is 23. The predicted molar refractivity (Wildman–Crippen MR) is 334 cm³/mol. The van der Waals surface area contributed by atoms with Crippen molar-refractivity contribution in [3.63, 3.8) is 0 Å². The molecule has 0 fully saturated rings. The van der Waals surface area contributed by atoms with E-state index >= 15 is 0 Å². The summed E-state index contributed by atoms with van der Waals surface area (Å²) in [5, 5.41) is 0. The molecule has 77 heavy (non-hydrogen) atoms. The van der Waals surface area contributed by atoms with E-state index < -0.39 is 6.10 Å². The molecule has 0 heterocycles. The number of hydrogen-bond acceptors (Lipinski definition) is 6. The molecule has 0 saturated heterocycles. The normalized spacial score (nSPS) is 13.0. The SMILES string of the molecule is CC/C=C\C/C=C\C/C=C\C/C=C\C/C=C\C/C=C\C/C=C\C/C=C\C/C=C\CCCCCCCCCC(=O)OCC(COC(=O)CCCCCCCCCC)OC(=O)CCCCCCC/C=C\C/C=C\CCCCCC. The van der Waals surface area contributed by atoms with E-state index in [9.17, 15) is 14.4 Å². The van der Waals surface area contributed by atoms with Crippen molar-refractivity contribution in [1.29, 1.82) is 0 Å². The molecule has 1 atom stereocenters. The van der Waals surface area contributed by atoms with Gasteiger partial charge in [-0.15, -0.1) is 0 Å². The lowest BCUT2D eigenvalue weighted by Gasteiger charge is -2.18. The highest BCUT2D eigenvalue weighted by atomic mass is 16.6. The highest BCUT2D eigenvalue weighted by Gasteiger charge is 2.19. The van der Waals surface area contributed by atoms with Crippen molar-refractivity contribution >= 4 is 17.9 Å². The van der Waals surface area contributed by atoms with Gasteiger partial charge in [-0.3, -0.25) is 14.4 Å². The number of allylic oxidation sites excluding steroid dienone is 22. The number of hydrogen-bond donors (Lipinski definition) is 0. The fourth-order valence-corrected chi connectivity index (χ4v) is 8.41. The molecule has 0 saturated carbocycles. The Morgan fingerprint density at radius 2 is 0.506 bits per heavy atom. The zero-order valence-corrected chi connectivity index (χ0v) is 49.9. The quantitative estimate of drug-likeness (QED) is 0.0261. The van der Waals surface area contributed by atoms with E-state index in [0.717, 1.165) is 148 Å².